The first-order chi connectivity index (χ1) is 9.66. The van der Waals surface area contributed by atoms with Crippen LogP contribution in [0.4, 0.5) is 0 Å². The summed E-state index contributed by atoms with van der Waals surface area (Å²) in [6.07, 6.45) is 4.63. The number of hydrogen-bond donors (Lipinski definition) is 1. The number of esters is 1. The molecule has 0 heterocycles. The van der Waals surface area contributed by atoms with Crippen LogP contribution in [0.5, 0.6) is 0 Å². The monoisotopic (exact) mass is 272 g/mol. The Balaban J connectivity index is 1.68. The first-order valence-electron chi connectivity index (χ1n) is 6.78. The molecule has 1 saturated carbocycles. The maximum absolute atomic E-state index is 12.2. The molecule has 0 spiro atoms. The van der Waals surface area contributed by atoms with E-state index in [0.717, 1.165) is 12.0 Å². The van der Waals surface area contributed by atoms with Crippen LogP contribution in [0.1, 0.15) is 12.0 Å². The summed E-state index contributed by atoms with van der Waals surface area (Å²) in [6.45, 7) is 0.198. The lowest BCUT2D eigenvalue weighted by molar-refractivity contribution is -0.159. The summed E-state index contributed by atoms with van der Waals surface area (Å²) in [5, 5.41) is 9.30. The Morgan fingerprint density at radius 1 is 1.10 bits per heavy atom. The zero-order valence-corrected chi connectivity index (χ0v) is 10.9. The third-order valence-electron chi connectivity index (χ3n) is 4.24. The molecule has 1 aromatic rings. The number of rotatable bonds is 4. The van der Waals surface area contributed by atoms with E-state index >= 15 is 0 Å². The summed E-state index contributed by atoms with van der Waals surface area (Å²) in [7, 11) is 0. The van der Waals surface area contributed by atoms with Gasteiger partial charge in [-0.2, -0.15) is 0 Å². The van der Waals surface area contributed by atoms with Crippen molar-refractivity contribution in [3.63, 3.8) is 0 Å². The lowest BCUT2D eigenvalue weighted by Gasteiger charge is -2.23. The highest BCUT2D eigenvalue weighted by Gasteiger charge is 2.52. The van der Waals surface area contributed by atoms with E-state index in [-0.39, 0.29) is 18.4 Å². The lowest BCUT2D eigenvalue weighted by Crippen LogP contribution is -2.34. The second-order valence-corrected chi connectivity index (χ2v) is 5.43. The van der Waals surface area contributed by atoms with Gasteiger partial charge in [-0.15, -0.1) is 0 Å². The summed E-state index contributed by atoms with van der Waals surface area (Å²) >= 11 is 0. The largest absolute Gasteiger partial charge is 0.481 e. The molecule has 4 heteroatoms. The minimum atomic E-state index is -0.900. The minimum absolute atomic E-state index is 0.0179. The predicted octanol–water partition coefficient (Wildman–Crippen LogP) is 2.25. The Hall–Kier alpha value is -2.10. The maximum Gasteiger partial charge on any atom is 0.310 e. The highest BCUT2D eigenvalue weighted by atomic mass is 16.5. The van der Waals surface area contributed by atoms with E-state index in [1.807, 2.05) is 42.5 Å². The Labute approximate surface area is 117 Å². The fraction of sp³-hybridized carbons (Fsp3) is 0.375. The van der Waals surface area contributed by atoms with E-state index in [2.05, 4.69) is 0 Å². The number of carbonyl (C=O) groups excluding carboxylic acids is 1. The number of carboxylic acid groups (broad SMARTS) is 1. The third-order valence-corrected chi connectivity index (χ3v) is 4.24. The Morgan fingerprint density at radius 2 is 1.75 bits per heavy atom. The van der Waals surface area contributed by atoms with Crippen LogP contribution in [0.3, 0.4) is 0 Å². The third kappa shape index (κ3) is 2.22. The van der Waals surface area contributed by atoms with Gasteiger partial charge in [0, 0.05) is 0 Å². The van der Waals surface area contributed by atoms with E-state index in [1.165, 1.54) is 0 Å². The molecule has 2 aliphatic rings. The number of hydrogen-bond acceptors (Lipinski definition) is 3. The van der Waals surface area contributed by atoms with Gasteiger partial charge in [-0.1, -0.05) is 42.5 Å². The molecule has 4 atom stereocenters. The molecule has 0 radical (unpaired) electrons. The van der Waals surface area contributed by atoms with Crippen LogP contribution < -0.4 is 0 Å². The van der Waals surface area contributed by atoms with Crippen molar-refractivity contribution < 1.29 is 19.4 Å². The standard InChI is InChI=1S/C16H16O4/c17-15(18)13-11-6-7-12(8-11)14(13)16(19)20-9-10-4-2-1-3-5-10/h1-7,11-14H,8-9H2,(H,17,18)/t11?,12?,13-,14+/m1/s1. The molecule has 4 nitrogen and oxygen atoms in total. The van der Waals surface area contributed by atoms with Crippen molar-refractivity contribution in [2.24, 2.45) is 23.7 Å². The number of aliphatic carboxylic acids is 1. The Morgan fingerprint density at radius 3 is 2.40 bits per heavy atom. The number of fused-ring (bicyclic) bond motifs is 2. The topological polar surface area (TPSA) is 63.6 Å². The van der Waals surface area contributed by atoms with Gasteiger partial charge in [0.2, 0.25) is 0 Å². The van der Waals surface area contributed by atoms with Crippen molar-refractivity contribution in [1.29, 1.82) is 0 Å². The van der Waals surface area contributed by atoms with Crippen LogP contribution in [0.15, 0.2) is 42.5 Å². The Kier molecular flexibility index (Phi) is 3.30. The zero-order valence-electron chi connectivity index (χ0n) is 10.9. The van der Waals surface area contributed by atoms with Gasteiger partial charge in [-0.05, 0) is 23.8 Å². The molecular formula is C16H16O4. The van der Waals surface area contributed by atoms with Gasteiger partial charge in [0.15, 0.2) is 0 Å². The number of carbonyl (C=O) groups is 2. The molecule has 0 aromatic heterocycles. The number of carboxylic acids is 1. The first-order valence-corrected chi connectivity index (χ1v) is 6.78. The molecule has 2 aliphatic carbocycles. The van der Waals surface area contributed by atoms with Gasteiger partial charge >= 0.3 is 11.9 Å². The number of benzene rings is 1. The van der Waals surface area contributed by atoms with E-state index in [9.17, 15) is 14.7 Å². The molecule has 1 N–H and O–H groups in total. The molecule has 3 rings (SSSR count). The molecule has 2 bridgehead atoms. The zero-order chi connectivity index (χ0) is 14.1. The first kappa shape index (κ1) is 12.9. The van der Waals surface area contributed by atoms with Crippen molar-refractivity contribution in [3.8, 4) is 0 Å². The van der Waals surface area contributed by atoms with Crippen molar-refractivity contribution in [2.45, 2.75) is 13.0 Å². The Bertz CT molecular complexity index is 549. The fourth-order valence-corrected chi connectivity index (χ4v) is 3.31. The molecule has 1 fully saturated rings. The van der Waals surface area contributed by atoms with Crippen LogP contribution in [0, 0.1) is 23.7 Å². The number of ether oxygens (including phenoxy) is 1. The van der Waals surface area contributed by atoms with Gasteiger partial charge < -0.3 is 9.84 Å². The maximum atomic E-state index is 12.2. The van der Waals surface area contributed by atoms with Gasteiger partial charge in [-0.3, -0.25) is 9.59 Å². The summed E-state index contributed by atoms with van der Waals surface area (Å²) in [5.74, 6) is -2.46. The summed E-state index contributed by atoms with van der Waals surface area (Å²) in [5.41, 5.74) is 0.909. The van der Waals surface area contributed by atoms with Gasteiger partial charge in [0.05, 0.1) is 11.8 Å². The van der Waals surface area contributed by atoms with Crippen molar-refractivity contribution in [2.75, 3.05) is 0 Å². The smallest absolute Gasteiger partial charge is 0.310 e. The van der Waals surface area contributed by atoms with Crippen LogP contribution in [-0.4, -0.2) is 17.0 Å². The SMILES string of the molecule is O=C(O)[C@@H]1C2C=CC(C2)[C@@H]1C(=O)OCc1ccccc1. The van der Waals surface area contributed by atoms with Crippen LogP contribution >= 0.6 is 0 Å². The molecule has 0 saturated heterocycles. The van der Waals surface area contributed by atoms with E-state index in [1.54, 1.807) is 0 Å². The van der Waals surface area contributed by atoms with Crippen molar-refractivity contribution in [1.82, 2.24) is 0 Å². The fourth-order valence-electron chi connectivity index (χ4n) is 3.31. The summed E-state index contributed by atoms with van der Waals surface area (Å²) in [6, 6.07) is 9.41. The molecule has 104 valence electrons. The van der Waals surface area contributed by atoms with Crippen molar-refractivity contribution in [3.05, 3.63) is 48.0 Å². The predicted molar refractivity (Wildman–Crippen MR) is 71.6 cm³/mol. The van der Waals surface area contributed by atoms with Crippen LogP contribution in [0.25, 0.3) is 0 Å². The second kappa shape index (κ2) is 5.12. The highest BCUT2D eigenvalue weighted by molar-refractivity contribution is 5.83. The van der Waals surface area contributed by atoms with Gasteiger partial charge in [0.25, 0.3) is 0 Å². The van der Waals surface area contributed by atoms with Gasteiger partial charge in [0.1, 0.15) is 6.61 Å². The summed E-state index contributed by atoms with van der Waals surface area (Å²) in [4.78, 5) is 23.5. The minimum Gasteiger partial charge on any atom is -0.481 e. The second-order valence-electron chi connectivity index (χ2n) is 5.43. The molecule has 0 amide bonds. The molecule has 2 unspecified atom stereocenters. The van der Waals surface area contributed by atoms with E-state index in [4.69, 9.17) is 4.74 Å². The lowest BCUT2D eigenvalue weighted by atomic mass is 9.83. The average molecular weight is 272 g/mol. The van der Waals surface area contributed by atoms with Gasteiger partial charge in [-0.25, -0.2) is 0 Å². The highest BCUT2D eigenvalue weighted by Crippen LogP contribution is 2.48. The normalized spacial score (nSPS) is 30.4. The molecular weight excluding hydrogens is 256 g/mol. The summed E-state index contributed by atoms with van der Waals surface area (Å²) < 4.78 is 5.31. The van der Waals surface area contributed by atoms with Crippen LogP contribution in [0.2, 0.25) is 0 Å². The molecule has 1 aromatic carbocycles. The number of allylic oxidation sites excluding steroid dienone is 2. The molecule has 20 heavy (non-hydrogen) atoms. The van der Waals surface area contributed by atoms with Crippen molar-refractivity contribution >= 4 is 11.9 Å². The van der Waals surface area contributed by atoms with E-state index in [0.29, 0.717) is 0 Å². The van der Waals surface area contributed by atoms with E-state index < -0.39 is 23.8 Å². The average Bonchev–Trinajstić information content (AvgIpc) is 3.06. The molecule has 0 aliphatic heterocycles. The quantitative estimate of drug-likeness (QED) is 0.674. The van der Waals surface area contributed by atoms with Crippen LogP contribution in [-0.2, 0) is 20.9 Å².